The minimum atomic E-state index is 0. The van der Waals surface area contributed by atoms with E-state index in [2.05, 4.69) is 42.9 Å². The first-order chi connectivity index (χ1) is 6.79. The molecule has 1 aromatic rings. The van der Waals surface area contributed by atoms with E-state index < -0.39 is 0 Å². The second-order valence-electron chi connectivity index (χ2n) is 3.62. The van der Waals surface area contributed by atoms with E-state index in [1.807, 2.05) is 0 Å². The molecule has 15 heavy (non-hydrogen) atoms. The Kier molecular flexibility index (Phi) is 8.50. The van der Waals surface area contributed by atoms with Gasteiger partial charge < -0.3 is 4.74 Å². The summed E-state index contributed by atoms with van der Waals surface area (Å²) in [6.07, 6.45) is 4.37. The van der Waals surface area contributed by atoms with E-state index in [-0.39, 0.29) is 32.7 Å². The minimum Gasteiger partial charge on any atom is -0.385 e. The molecule has 0 spiro atoms. The van der Waals surface area contributed by atoms with Crippen molar-refractivity contribution < 1.29 is 42.0 Å². The molecule has 1 atom stereocenters. The number of rotatable bonds is 5. The smallest absolute Gasteiger partial charge is 0.184 e. The third-order valence-electron chi connectivity index (χ3n) is 2.68. The molecule has 0 aliphatic heterocycles. The maximum absolute atomic E-state index is 5.13. The average Bonchev–Trinajstić information content (AvgIpc) is 2.21. The second-order valence-corrected chi connectivity index (χ2v) is 3.62. The van der Waals surface area contributed by atoms with Crippen molar-refractivity contribution in [1.29, 1.82) is 0 Å². The third-order valence-corrected chi connectivity index (χ3v) is 2.68. The van der Waals surface area contributed by atoms with Crippen molar-refractivity contribution in [2.75, 3.05) is 13.7 Å². The van der Waals surface area contributed by atoms with Gasteiger partial charge in [0.05, 0.1) is 0 Å². The molecular formula is C12H20NOY+. The average molecular weight is 283 g/mol. The van der Waals surface area contributed by atoms with Gasteiger partial charge in [0.1, 0.15) is 7.05 Å². The molecule has 0 amide bonds. The van der Waals surface area contributed by atoms with E-state index in [0.29, 0.717) is 5.92 Å². The maximum Gasteiger partial charge on any atom is 0.184 e. The SMILES string of the molecule is CCC(CCOC)c1cccc[n+]1C.[Y]. The molecule has 2 nitrogen and oxygen atoms in total. The summed E-state index contributed by atoms with van der Waals surface area (Å²) in [5.74, 6) is 0.612. The van der Waals surface area contributed by atoms with Gasteiger partial charge in [-0.3, -0.25) is 0 Å². The predicted molar refractivity (Wildman–Crippen MR) is 57.1 cm³/mol. The maximum atomic E-state index is 5.13. The molecule has 0 aliphatic rings. The Hall–Kier alpha value is 0.214. The van der Waals surface area contributed by atoms with Crippen LogP contribution in [-0.4, -0.2) is 13.7 Å². The Labute approximate surface area is 118 Å². The van der Waals surface area contributed by atoms with Gasteiger partial charge in [0.2, 0.25) is 0 Å². The fourth-order valence-electron chi connectivity index (χ4n) is 1.78. The van der Waals surface area contributed by atoms with Crippen LogP contribution in [0.4, 0.5) is 0 Å². The summed E-state index contributed by atoms with van der Waals surface area (Å²) in [7, 11) is 3.86. The topological polar surface area (TPSA) is 13.1 Å². The number of hydrogen-bond acceptors (Lipinski definition) is 1. The van der Waals surface area contributed by atoms with Crippen LogP contribution in [0.1, 0.15) is 31.4 Å². The van der Waals surface area contributed by atoms with E-state index in [0.717, 1.165) is 13.0 Å². The van der Waals surface area contributed by atoms with Gasteiger partial charge in [-0.15, -0.1) is 0 Å². The normalized spacial score (nSPS) is 11.9. The largest absolute Gasteiger partial charge is 0.385 e. The summed E-state index contributed by atoms with van der Waals surface area (Å²) in [6, 6.07) is 6.36. The van der Waals surface area contributed by atoms with Gasteiger partial charge in [0.25, 0.3) is 0 Å². The fraction of sp³-hybridized carbons (Fsp3) is 0.583. The first-order valence-corrected chi connectivity index (χ1v) is 5.23. The first kappa shape index (κ1) is 15.2. The molecule has 0 aliphatic carbocycles. The molecule has 1 unspecified atom stereocenters. The molecule has 0 aromatic carbocycles. The van der Waals surface area contributed by atoms with Crippen molar-refractivity contribution in [3.63, 3.8) is 0 Å². The number of methoxy groups -OCH3 is 1. The van der Waals surface area contributed by atoms with Crippen molar-refractivity contribution in [1.82, 2.24) is 0 Å². The predicted octanol–water partition coefficient (Wildman–Crippen LogP) is 2.04. The Bertz CT molecular complexity index is 278. The Morgan fingerprint density at radius 2 is 2.13 bits per heavy atom. The number of aryl methyl sites for hydroxylation is 1. The van der Waals surface area contributed by atoms with Gasteiger partial charge >= 0.3 is 0 Å². The molecule has 0 N–H and O–H groups in total. The number of ether oxygens (including phenoxy) is 1. The van der Waals surface area contributed by atoms with Crippen LogP contribution in [0.3, 0.4) is 0 Å². The molecule has 0 fully saturated rings. The molecule has 3 heteroatoms. The summed E-state index contributed by atoms with van der Waals surface area (Å²) in [5.41, 5.74) is 1.40. The van der Waals surface area contributed by atoms with Crippen LogP contribution in [0.5, 0.6) is 0 Å². The zero-order valence-corrected chi connectivity index (χ0v) is 12.8. The van der Waals surface area contributed by atoms with Gasteiger partial charge in [0.15, 0.2) is 11.9 Å². The van der Waals surface area contributed by atoms with Crippen LogP contribution in [0.25, 0.3) is 0 Å². The fourth-order valence-corrected chi connectivity index (χ4v) is 1.78. The van der Waals surface area contributed by atoms with E-state index in [4.69, 9.17) is 4.74 Å². The summed E-state index contributed by atoms with van der Waals surface area (Å²) in [4.78, 5) is 0. The number of pyridine rings is 1. The minimum absolute atomic E-state index is 0. The molecule has 1 heterocycles. The zero-order valence-electron chi connectivity index (χ0n) is 9.94. The van der Waals surface area contributed by atoms with Crippen LogP contribution in [0, 0.1) is 0 Å². The van der Waals surface area contributed by atoms with Crippen LogP contribution in [0.15, 0.2) is 24.4 Å². The Balaban J connectivity index is 0.00000196. The number of hydrogen-bond donors (Lipinski definition) is 0. The molecule has 1 radical (unpaired) electrons. The number of aromatic nitrogens is 1. The quantitative estimate of drug-likeness (QED) is 0.754. The molecular weight excluding hydrogens is 263 g/mol. The third kappa shape index (κ3) is 4.71. The van der Waals surface area contributed by atoms with Crippen LogP contribution in [-0.2, 0) is 44.5 Å². The molecule has 0 saturated carbocycles. The Morgan fingerprint density at radius 3 is 2.67 bits per heavy atom. The molecule has 0 saturated heterocycles. The van der Waals surface area contributed by atoms with Crippen LogP contribution in [0.2, 0.25) is 0 Å². The molecule has 0 bridgehead atoms. The number of nitrogens with zero attached hydrogens (tertiary/aromatic N) is 1. The van der Waals surface area contributed by atoms with Crippen molar-refractivity contribution >= 4 is 0 Å². The van der Waals surface area contributed by atoms with Crippen molar-refractivity contribution in [3.8, 4) is 0 Å². The summed E-state index contributed by atoms with van der Waals surface area (Å²) >= 11 is 0. The van der Waals surface area contributed by atoms with Gasteiger partial charge in [-0.2, -0.15) is 0 Å². The van der Waals surface area contributed by atoms with E-state index in [9.17, 15) is 0 Å². The molecule has 81 valence electrons. The van der Waals surface area contributed by atoms with Gasteiger partial charge in [-0.25, -0.2) is 4.57 Å². The van der Waals surface area contributed by atoms with Gasteiger partial charge in [-0.05, 0) is 12.8 Å². The Morgan fingerprint density at radius 1 is 1.40 bits per heavy atom. The zero-order chi connectivity index (χ0) is 10.4. The van der Waals surface area contributed by atoms with Crippen molar-refractivity contribution in [2.45, 2.75) is 25.7 Å². The van der Waals surface area contributed by atoms with Crippen LogP contribution >= 0.6 is 0 Å². The molecule has 1 aromatic heterocycles. The summed E-state index contributed by atoms with van der Waals surface area (Å²) in [6.45, 7) is 3.07. The summed E-state index contributed by atoms with van der Waals surface area (Å²) in [5, 5.41) is 0. The van der Waals surface area contributed by atoms with Crippen LogP contribution < -0.4 is 4.57 Å². The van der Waals surface area contributed by atoms with E-state index in [1.54, 1.807) is 7.11 Å². The monoisotopic (exact) mass is 283 g/mol. The van der Waals surface area contributed by atoms with E-state index in [1.165, 1.54) is 12.1 Å². The van der Waals surface area contributed by atoms with Crippen molar-refractivity contribution in [2.24, 2.45) is 7.05 Å². The second kappa shape index (κ2) is 8.38. The van der Waals surface area contributed by atoms with E-state index >= 15 is 0 Å². The molecule has 1 rings (SSSR count). The van der Waals surface area contributed by atoms with Crippen molar-refractivity contribution in [3.05, 3.63) is 30.1 Å². The standard InChI is InChI=1S/C12H20NO.Y/c1-4-11(8-10-14-3)12-7-5-6-9-13(12)2;/h5-7,9,11H,4,8,10H2,1-3H3;/q+1;. The first-order valence-electron chi connectivity index (χ1n) is 5.23. The summed E-state index contributed by atoms with van der Waals surface area (Å²) < 4.78 is 7.32. The van der Waals surface area contributed by atoms with Gasteiger partial charge in [-0.1, -0.05) is 13.0 Å². The van der Waals surface area contributed by atoms with Gasteiger partial charge in [0, 0.05) is 64.5 Å².